The van der Waals surface area contributed by atoms with Crippen LogP contribution in [0, 0.1) is 0 Å². The maximum Gasteiger partial charge on any atom is 0.305 e. The van der Waals surface area contributed by atoms with Crippen molar-refractivity contribution in [1.29, 1.82) is 0 Å². The maximum absolute atomic E-state index is 11.1. The maximum atomic E-state index is 11.1. The predicted octanol–water partition coefficient (Wildman–Crippen LogP) is 2.13. The van der Waals surface area contributed by atoms with Crippen molar-refractivity contribution in [3.63, 3.8) is 0 Å². The van der Waals surface area contributed by atoms with Crippen LogP contribution in [0.4, 0.5) is 0 Å². The van der Waals surface area contributed by atoms with Gasteiger partial charge in [0.2, 0.25) is 0 Å². The molecule has 1 heterocycles. The largest absolute Gasteiger partial charge is 0.481 e. The van der Waals surface area contributed by atoms with E-state index in [1.807, 2.05) is 0 Å². The first kappa shape index (κ1) is 14.5. The van der Waals surface area contributed by atoms with Crippen molar-refractivity contribution in [3.8, 4) is 0 Å². The molecule has 0 bridgehead atoms. The van der Waals surface area contributed by atoms with E-state index in [9.17, 15) is 4.79 Å². The number of hydrogen-bond donors (Lipinski definition) is 1. The number of carbonyl (C=O) groups is 1. The van der Waals surface area contributed by atoms with Crippen LogP contribution < -0.4 is 0 Å². The second kappa shape index (κ2) is 6.97. The Morgan fingerprint density at radius 1 is 1.29 bits per heavy atom. The van der Waals surface area contributed by atoms with E-state index in [0.717, 1.165) is 19.5 Å². The van der Waals surface area contributed by atoms with Gasteiger partial charge in [0, 0.05) is 7.11 Å². The van der Waals surface area contributed by atoms with Crippen molar-refractivity contribution in [3.05, 3.63) is 0 Å². The van der Waals surface area contributed by atoms with Crippen LogP contribution in [-0.4, -0.2) is 48.3 Å². The molecule has 0 radical (unpaired) electrons. The van der Waals surface area contributed by atoms with Crippen LogP contribution in [0.2, 0.25) is 0 Å². The monoisotopic (exact) mass is 243 g/mol. The summed E-state index contributed by atoms with van der Waals surface area (Å²) in [5.74, 6) is -0.729. The molecule has 4 heteroatoms. The average Bonchev–Trinajstić information content (AvgIpc) is 2.56. The van der Waals surface area contributed by atoms with E-state index < -0.39 is 5.97 Å². The Labute approximate surface area is 104 Å². The van der Waals surface area contributed by atoms with Crippen LogP contribution in [0.25, 0.3) is 0 Å². The highest BCUT2D eigenvalue weighted by atomic mass is 16.5. The Morgan fingerprint density at radius 2 is 1.88 bits per heavy atom. The van der Waals surface area contributed by atoms with Gasteiger partial charge in [-0.2, -0.15) is 0 Å². The normalized spacial score (nSPS) is 21.8. The molecule has 1 aliphatic rings. The fourth-order valence-electron chi connectivity index (χ4n) is 2.80. The fourth-order valence-corrected chi connectivity index (χ4v) is 2.80. The van der Waals surface area contributed by atoms with E-state index >= 15 is 0 Å². The van der Waals surface area contributed by atoms with E-state index in [2.05, 4.69) is 11.8 Å². The lowest BCUT2D eigenvalue weighted by Gasteiger charge is -2.42. The summed E-state index contributed by atoms with van der Waals surface area (Å²) in [5, 5.41) is 9.13. The Balaban J connectivity index is 2.80. The summed E-state index contributed by atoms with van der Waals surface area (Å²) in [6.07, 6.45) is 5.87. The predicted molar refractivity (Wildman–Crippen MR) is 67.2 cm³/mol. The number of aliphatic carboxylic acids is 1. The van der Waals surface area contributed by atoms with Crippen molar-refractivity contribution >= 4 is 5.97 Å². The van der Waals surface area contributed by atoms with Gasteiger partial charge in [0.05, 0.1) is 18.6 Å². The van der Waals surface area contributed by atoms with Gasteiger partial charge in [-0.1, -0.05) is 19.8 Å². The third-order valence-corrected chi connectivity index (χ3v) is 3.83. The number of ether oxygens (including phenoxy) is 1. The molecule has 0 amide bonds. The second-order valence-electron chi connectivity index (χ2n) is 4.98. The van der Waals surface area contributed by atoms with Gasteiger partial charge in [0.25, 0.3) is 0 Å². The number of rotatable bonds is 6. The molecule has 0 aromatic rings. The van der Waals surface area contributed by atoms with Crippen LogP contribution in [0.15, 0.2) is 0 Å². The molecule has 0 aliphatic carbocycles. The summed E-state index contributed by atoms with van der Waals surface area (Å²) < 4.78 is 5.29. The standard InChI is InChI=1S/C13H25NO3/c1-3-13(11-17-2,10-12(15)16)14-8-6-4-5-7-9-14/h3-11H2,1-2H3,(H,15,16). The molecule has 0 aromatic carbocycles. The first-order chi connectivity index (χ1) is 8.14. The Bertz CT molecular complexity index is 237. The number of nitrogens with zero attached hydrogens (tertiary/aromatic N) is 1. The number of carboxylic acids is 1. The van der Waals surface area contributed by atoms with E-state index in [0.29, 0.717) is 6.61 Å². The molecule has 4 nitrogen and oxygen atoms in total. The summed E-state index contributed by atoms with van der Waals surface area (Å²) in [5.41, 5.74) is -0.315. The molecular formula is C13H25NO3. The first-order valence-corrected chi connectivity index (χ1v) is 6.60. The highest BCUT2D eigenvalue weighted by molar-refractivity contribution is 5.68. The van der Waals surface area contributed by atoms with E-state index in [4.69, 9.17) is 9.84 Å². The van der Waals surface area contributed by atoms with Crippen LogP contribution >= 0.6 is 0 Å². The summed E-state index contributed by atoms with van der Waals surface area (Å²) in [6.45, 7) is 4.58. The quantitative estimate of drug-likeness (QED) is 0.776. The number of carboxylic acid groups (broad SMARTS) is 1. The van der Waals surface area contributed by atoms with E-state index in [1.165, 1.54) is 25.7 Å². The summed E-state index contributed by atoms with van der Waals surface area (Å²) in [6, 6.07) is 0. The first-order valence-electron chi connectivity index (χ1n) is 6.60. The van der Waals surface area contributed by atoms with Crippen LogP contribution in [0.3, 0.4) is 0 Å². The molecule has 0 saturated carbocycles. The molecule has 1 rings (SSSR count). The van der Waals surface area contributed by atoms with Crippen LogP contribution in [0.1, 0.15) is 45.4 Å². The number of hydrogen-bond acceptors (Lipinski definition) is 3. The molecule has 1 aliphatic heterocycles. The third kappa shape index (κ3) is 3.96. The molecule has 1 N–H and O–H groups in total. The molecule has 1 saturated heterocycles. The van der Waals surface area contributed by atoms with E-state index in [1.54, 1.807) is 7.11 Å². The Kier molecular flexibility index (Phi) is 5.92. The van der Waals surface area contributed by atoms with Crippen molar-refractivity contribution < 1.29 is 14.6 Å². The highest BCUT2D eigenvalue weighted by Crippen LogP contribution is 2.27. The topological polar surface area (TPSA) is 49.8 Å². The lowest BCUT2D eigenvalue weighted by atomic mass is 9.90. The van der Waals surface area contributed by atoms with Crippen molar-refractivity contribution in [1.82, 2.24) is 4.90 Å². The van der Waals surface area contributed by atoms with Gasteiger partial charge in [0.1, 0.15) is 0 Å². The van der Waals surface area contributed by atoms with Gasteiger partial charge in [-0.3, -0.25) is 9.69 Å². The minimum Gasteiger partial charge on any atom is -0.481 e. The zero-order chi connectivity index (χ0) is 12.7. The van der Waals surface area contributed by atoms with Crippen LogP contribution in [-0.2, 0) is 9.53 Å². The zero-order valence-electron chi connectivity index (χ0n) is 11.1. The molecule has 1 atom stereocenters. The van der Waals surface area contributed by atoms with Gasteiger partial charge < -0.3 is 9.84 Å². The number of methoxy groups -OCH3 is 1. The van der Waals surface area contributed by atoms with Crippen molar-refractivity contribution in [2.45, 2.75) is 51.0 Å². The highest BCUT2D eigenvalue weighted by Gasteiger charge is 2.37. The summed E-state index contributed by atoms with van der Waals surface area (Å²) in [4.78, 5) is 13.4. The third-order valence-electron chi connectivity index (χ3n) is 3.83. The van der Waals surface area contributed by atoms with Gasteiger partial charge >= 0.3 is 5.97 Å². The molecule has 1 fully saturated rings. The Morgan fingerprint density at radius 3 is 2.29 bits per heavy atom. The lowest BCUT2D eigenvalue weighted by Crippen LogP contribution is -2.53. The molecular weight excluding hydrogens is 218 g/mol. The van der Waals surface area contributed by atoms with E-state index in [-0.39, 0.29) is 12.0 Å². The summed E-state index contributed by atoms with van der Waals surface area (Å²) in [7, 11) is 1.66. The second-order valence-corrected chi connectivity index (χ2v) is 4.98. The minimum atomic E-state index is -0.729. The van der Waals surface area contributed by atoms with Gasteiger partial charge in [-0.05, 0) is 32.4 Å². The lowest BCUT2D eigenvalue weighted by molar-refractivity contribution is -0.142. The Hall–Kier alpha value is -0.610. The fraction of sp³-hybridized carbons (Fsp3) is 0.923. The van der Waals surface area contributed by atoms with Crippen molar-refractivity contribution in [2.24, 2.45) is 0 Å². The van der Waals surface area contributed by atoms with Gasteiger partial charge in [-0.25, -0.2) is 0 Å². The number of likely N-dealkylation sites (tertiary alicyclic amines) is 1. The average molecular weight is 243 g/mol. The zero-order valence-corrected chi connectivity index (χ0v) is 11.1. The summed E-state index contributed by atoms with van der Waals surface area (Å²) >= 11 is 0. The molecule has 0 aromatic heterocycles. The van der Waals surface area contributed by atoms with Gasteiger partial charge in [-0.15, -0.1) is 0 Å². The molecule has 0 spiro atoms. The van der Waals surface area contributed by atoms with Crippen molar-refractivity contribution in [2.75, 3.05) is 26.8 Å². The van der Waals surface area contributed by atoms with Crippen LogP contribution in [0.5, 0.6) is 0 Å². The smallest absolute Gasteiger partial charge is 0.305 e. The van der Waals surface area contributed by atoms with Gasteiger partial charge in [0.15, 0.2) is 0 Å². The SMILES string of the molecule is CCC(COC)(CC(=O)O)N1CCCCCC1. The molecule has 17 heavy (non-hydrogen) atoms. The molecule has 1 unspecified atom stereocenters. The molecule has 100 valence electrons. The minimum absolute atomic E-state index is 0.178.